The topological polar surface area (TPSA) is 72.0 Å². The third-order valence-electron chi connectivity index (χ3n) is 4.50. The Hall–Kier alpha value is -2.23. The molecule has 3 rings (SSSR count). The fourth-order valence-corrected chi connectivity index (χ4v) is 4.50. The Kier molecular flexibility index (Phi) is 5.93. The van der Waals surface area contributed by atoms with E-state index < -0.39 is 20.7 Å². The second-order valence-corrected chi connectivity index (χ2v) is 8.05. The van der Waals surface area contributed by atoms with Crippen LogP contribution in [0, 0.1) is 5.82 Å². The minimum atomic E-state index is -3.97. The molecule has 1 aliphatic heterocycles. The molecule has 2 heterocycles. The van der Waals surface area contributed by atoms with Crippen molar-refractivity contribution in [3.8, 4) is 11.5 Å². The lowest BCUT2D eigenvalue weighted by atomic mass is 10.3. The lowest BCUT2D eigenvalue weighted by Gasteiger charge is -2.33. The number of hydrogen-bond acceptors (Lipinski definition) is 6. The van der Waals surface area contributed by atoms with Crippen molar-refractivity contribution in [3.05, 3.63) is 48.0 Å². The Morgan fingerprint density at radius 2 is 1.74 bits per heavy atom. The zero-order valence-electron chi connectivity index (χ0n) is 15.3. The van der Waals surface area contributed by atoms with Crippen LogP contribution in [0.1, 0.15) is 5.69 Å². The van der Waals surface area contributed by atoms with Gasteiger partial charge >= 0.3 is 0 Å². The fraction of sp³-hybridized carbons (Fsp3) is 0.389. The first-order valence-electron chi connectivity index (χ1n) is 8.49. The average molecular weight is 395 g/mol. The number of piperazine rings is 1. The van der Waals surface area contributed by atoms with E-state index >= 15 is 0 Å². The molecule has 0 unspecified atom stereocenters. The molecule has 0 bridgehead atoms. The summed E-state index contributed by atoms with van der Waals surface area (Å²) in [5, 5.41) is 0. The van der Waals surface area contributed by atoms with Gasteiger partial charge in [-0.2, -0.15) is 4.31 Å². The molecule has 7 nitrogen and oxygen atoms in total. The Labute approximate surface area is 158 Å². The first kappa shape index (κ1) is 19.5. The molecule has 0 amide bonds. The summed E-state index contributed by atoms with van der Waals surface area (Å²) in [6.45, 7) is 2.31. The molecule has 2 aromatic rings. The van der Waals surface area contributed by atoms with E-state index in [2.05, 4.69) is 9.88 Å². The van der Waals surface area contributed by atoms with E-state index in [1.165, 1.54) is 24.6 Å². The second kappa shape index (κ2) is 8.20. The highest BCUT2D eigenvalue weighted by Crippen LogP contribution is 2.33. The number of halogens is 1. The molecular weight excluding hydrogens is 373 g/mol. The molecule has 0 N–H and O–H groups in total. The van der Waals surface area contributed by atoms with Gasteiger partial charge in [-0.15, -0.1) is 0 Å². The molecule has 1 fully saturated rings. The molecule has 0 aliphatic carbocycles. The van der Waals surface area contributed by atoms with Crippen molar-refractivity contribution in [2.75, 3.05) is 40.4 Å². The first-order valence-corrected chi connectivity index (χ1v) is 9.93. The highest BCUT2D eigenvalue weighted by molar-refractivity contribution is 7.89. The molecule has 1 saturated heterocycles. The highest BCUT2D eigenvalue weighted by atomic mass is 32.2. The standard InChI is InChI=1S/C18H22FN3O4S/c1-25-16-11-15(19)18(12-17(16)26-2)27(23,24)22-9-7-21(8-10-22)13-14-5-3-4-6-20-14/h3-6,11-12H,7-10,13H2,1-2H3. The van der Waals surface area contributed by atoms with Gasteiger partial charge in [-0.3, -0.25) is 9.88 Å². The maximum absolute atomic E-state index is 14.4. The van der Waals surface area contributed by atoms with Crippen LogP contribution >= 0.6 is 0 Å². The van der Waals surface area contributed by atoms with Gasteiger partial charge < -0.3 is 9.47 Å². The van der Waals surface area contributed by atoms with E-state index in [1.54, 1.807) is 6.20 Å². The Morgan fingerprint density at radius 3 is 2.33 bits per heavy atom. The van der Waals surface area contributed by atoms with Crippen molar-refractivity contribution in [3.63, 3.8) is 0 Å². The summed E-state index contributed by atoms with van der Waals surface area (Å²) in [4.78, 5) is 6.01. The summed E-state index contributed by atoms with van der Waals surface area (Å²) in [7, 11) is -1.22. The van der Waals surface area contributed by atoms with Crippen LogP contribution in [0.5, 0.6) is 11.5 Å². The third kappa shape index (κ3) is 4.20. The quantitative estimate of drug-likeness (QED) is 0.742. The zero-order valence-corrected chi connectivity index (χ0v) is 16.1. The molecule has 1 aliphatic rings. The molecule has 1 aromatic heterocycles. The molecule has 0 saturated carbocycles. The second-order valence-electron chi connectivity index (χ2n) is 6.14. The Bertz CT molecular complexity index is 885. The lowest BCUT2D eigenvalue weighted by Crippen LogP contribution is -2.48. The summed E-state index contributed by atoms with van der Waals surface area (Å²) in [5.41, 5.74) is 0.930. The van der Waals surface area contributed by atoms with Gasteiger partial charge in [0.25, 0.3) is 0 Å². The maximum atomic E-state index is 14.4. The number of aromatic nitrogens is 1. The summed E-state index contributed by atoms with van der Waals surface area (Å²) in [5.74, 6) is -0.538. The van der Waals surface area contributed by atoms with Crippen molar-refractivity contribution in [1.82, 2.24) is 14.2 Å². The van der Waals surface area contributed by atoms with Gasteiger partial charge in [0.05, 0.1) is 19.9 Å². The number of ether oxygens (including phenoxy) is 2. The van der Waals surface area contributed by atoms with Gasteiger partial charge in [0.1, 0.15) is 10.7 Å². The van der Waals surface area contributed by atoms with Crippen molar-refractivity contribution in [2.45, 2.75) is 11.4 Å². The maximum Gasteiger partial charge on any atom is 0.246 e. The summed E-state index contributed by atoms with van der Waals surface area (Å²) in [6, 6.07) is 7.91. The van der Waals surface area contributed by atoms with Crippen molar-refractivity contribution in [1.29, 1.82) is 0 Å². The van der Waals surface area contributed by atoms with Crippen molar-refractivity contribution >= 4 is 10.0 Å². The van der Waals surface area contributed by atoms with Gasteiger partial charge in [0.15, 0.2) is 11.5 Å². The predicted octanol–water partition coefficient (Wildman–Crippen LogP) is 1.74. The average Bonchev–Trinajstić information content (AvgIpc) is 2.68. The molecule has 1 aromatic carbocycles. The number of pyridine rings is 1. The number of benzene rings is 1. The normalized spacial score (nSPS) is 16.3. The zero-order chi connectivity index (χ0) is 19.4. The largest absolute Gasteiger partial charge is 0.493 e. The summed E-state index contributed by atoms with van der Waals surface area (Å²) in [6.07, 6.45) is 1.73. The predicted molar refractivity (Wildman–Crippen MR) is 97.8 cm³/mol. The van der Waals surface area contributed by atoms with Crippen molar-refractivity contribution < 1.29 is 22.3 Å². The van der Waals surface area contributed by atoms with Crippen LogP contribution in [0.3, 0.4) is 0 Å². The lowest BCUT2D eigenvalue weighted by molar-refractivity contribution is 0.179. The van der Waals surface area contributed by atoms with Crippen LogP contribution < -0.4 is 9.47 Å². The smallest absolute Gasteiger partial charge is 0.246 e. The van der Waals surface area contributed by atoms with Gasteiger partial charge in [0, 0.05) is 51.1 Å². The SMILES string of the molecule is COc1cc(F)c(S(=O)(=O)N2CCN(Cc3ccccn3)CC2)cc1OC. The molecule has 27 heavy (non-hydrogen) atoms. The van der Waals surface area contributed by atoms with Gasteiger partial charge in [-0.05, 0) is 12.1 Å². The van der Waals surface area contributed by atoms with Crippen LogP contribution in [-0.4, -0.2) is 63.0 Å². The van der Waals surface area contributed by atoms with E-state index in [4.69, 9.17) is 9.47 Å². The molecule has 146 valence electrons. The summed E-state index contributed by atoms with van der Waals surface area (Å²) < 4.78 is 51.6. The fourth-order valence-electron chi connectivity index (χ4n) is 3.02. The minimum Gasteiger partial charge on any atom is -0.493 e. The van der Waals surface area contributed by atoms with Crippen LogP contribution in [0.4, 0.5) is 4.39 Å². The number of hydrogen-bond donors (Lipinski definition) is 0. The molecule has 9 heteroatoms. The van der Waals surface area contributed by atoms with Crippen molar-refractivity contribution in [2.24, 2.45) is 0 Å². The molecule has 0 radical (unpaired) electrons. The Balaban J connectivity index is 1.73. The number of methoxy groups -OCH3 is 2. The van der Waals surface area contributed by atoms with Crippen LogP contribution in [0.25, 0.3) is 0 Å². The van der Waals surface area contributed by atoms with E-state index in [-0.39, 0.29) is 24.6 Å². The summed E-state index contributed by atoms with van der Waals surface area (Å²) >= 11 is 0. The number of sulfonamides is 1. The first-order chi connectivity index (χ1) is 13.0. The molecular formula is C18H22FN3O4S. The van der Waals surface area contributed by atoms with Gasteiger partial charge in [-0.25, -0.2) is 12.8 Å². The van der Waals surface area contributed by atoms with E-state index in [1.807, 2.05) is 18.2 Å². The van der Waals surface area contributed by atoms with Crippen LogP contribution in [-0.2, 0) is 16.6 Å². The number of nitrogens with zero attached hydrogens (tertiary/aromatic N) is 3. The monoisotopic (exact) mass is 395 g/mol. The Morgan fingerprint density at radius 1 is 1.07 bits per heavy atom. The van der Waals surface area contributed by atoms with E-state index in [0.717, 1.165) is 11.8 Å². The molecule has 0 spiro atoms. The van der Waals surface area contributed by atoms with E-state index in [9.17, 15) is 12.8 Å². The van der Waals surface area contributed by atoms with Gasteiger partial charge in [-0.1, -0.05) is 6.07 Å². The highest BCUT2D eigenvalue weighted by Gasteiger charge is 2.32. The van der Waals surface area contributed by atoms with E-state index in [0.29, 0.717) is 19.6 Å². The van der Waals surface area contributed by atoms with Crippen LogP contribution in [0.15, 0.2) is 41.4 Å². The van der Waals surface area contributed by atoms with Crippen LogP contribution in [0.2, 0.25) is 0 Å². The minimum absolute atomic E-state index is 0.147. The molecule has 0 atom stereocenters. The number of rotatable bonds is 6. The van der Waals surface area contributed by atoms with Gasteiger partial charge in [0.2, 0.25) is 10.0 Å². The third-order valence-corrected chi connectivity index (χ3v) is 6.41.